The standard InChI is InChI=1S/C17H23ClN2O/c1-5-20-16(17(18)13(4)19-20)10-15(21)9-14-7-11(2)6-12(3)8-14/h6-8,15,21H,5,9-10H2,1-4H3. The Labute approximate surface area is 131 Å². The molecule has 1 unspecified atom stereocenters. The summed E-state index contributed by atoms with van der Waals surface area (Å²) < 4.78 is 1.88. The Morgan fingerprint density at radius 3 is 2.33 bits per heavy atom. The first kappa shape index (κ1) is 16.1. The third kappa shape index (κ3) is 3.86. The lowest BCUT2D eigenvalue weighted by atomic mass is 10.0. The van der Waals surface area contributed by atoms with E-state index in [4.69, 9.17) is 11.6 Å². The minimum atomic E-state index is -0.454. The molecule has 1 heterocycles. The van der Waals surface area contributed by atoms with E-state index in [0.29, 0.717) is 17.9 Å². The molecule has 0 spiro atoms. The summed E-state index contributed by atoms with van der Waals surface area (Å²) in [6.07, 6.45) is 0.706. The maximum Gasteiger partial charge on any atom is 0.0848 e. The van der Waals surface area contributed by atoms with Gasteiger partial charge < -0.3 is 5.11 Å². The Morgan fingerprint density at radius 2 is 1.76 bits per heavy atom. The molecule has 2 aromatic rings. The van der Waals surface area contributed by atoms with Gasteiger partial charge in [0.1, 0.15) is 0 Å². The van der Waals surface area contributed by atoms with E-state index >= 15 is 0 Å². The van der Waals surface area contributed by atoms with Crippen molar-refractivity contribution in [3.8, 4) is 0 Å². The second kappa shape index (κ2) is 6.63. The number of halogens is 1. The molecule has 0 saturated heterocycles. The number of aryl methyl sites for hydroxylation is 4. The fraction of sp³-hybridized carbons (Fsp3) is 0.471. The van der Waals surface area contributed by atoms with Crippen LogP contribution in [-0.4, -0.2) is 21.0 Å². The van der Waals surface area contributed by atoms with Crippen LogP contribution in [0.3, 0.4) is 0 Å². The first-order chi connectivity index (χ1) is 9.90. The zero-order valence-corrected chi connectivity index (χ0v) is 13.9. The summed E-state index contributed by atoms with van der Waals surface area (Å²) in [5.74, 6) is 0. The molecule has 0 bridgehead atoms. The normalized spacial score (nSPS) is 12.7. The van der Waals surface area contributed by atoms with Crippen LogP contribution in [0.15, 0.2) is 18.2 Å². The minimum Gasteiger partial charge on any atom is -0.392 e. The zero-order chi connectivity index (χ0) is 15.6. The third-order valence-electron chi connectivity index (χ3n) is 3.63. The van der Waals surface area contributed by atoms with Crippen LogP contribution in [-0.2, 0) is 19.4 Å². The molecule has 0 aliphatic heterocycles. The Kier molecular flexibility index (Phi) is 5.07. The van der Waals surface area contributed by atoms with Crippen molar-refractivity contribution in [3.63, 3.8) is 0 Å². The predicted molar refractivity (Wildman–Crippen MR) is 87.0 cm³/mol. The zero-order valence-electron chi connectivity index (χ0n) is 13.2. The second-order valence-corrected chi connectivity index (χ2v) is 6.10. The number of aliphatic hydroxyl groups is 1. The van der Waals surface area contributed by atoms with Gasteiger partial charge in [-0.15, -0.1) is 0 Å². The van der Waals surface area contributed by atoms with E-state index < -0.39 is 6.10 Å². The van der Waals surface area contributed by atoms with Crippen LogP contribution >= 0.6 is 11.6 Å². The molecule has 1 aromatic heterocycles. The molecule has 4 heteroatoms. The summed E-state index contributed by atoms with van der Waals surface area (Å²) in [5, 5.41) is 15.5. The van der Waals surface area contributed by atoms with Crippen LogP contribution < -0.4 is 0 Å². The minimum absolute atomic E-state index is 0.454. The lowest BCUT2D eigenvalue weighted by Gasteiger charge is -2.13. The molecule has 21 heavy (non-hydrogen) atoms. The number of rotatable bonds is 5. The van der Waals surface area contributed by atoms with E-state index in [2.05, 4.69) is 37.1 Å². The van der Waals surface area contributed by atoms with E-state index in [0.717, 1.165) is 23.5 Å². The molecule has 2 rings (SSSR count). The monoisotopic (exact) mass is 306 g/mol. The van der Waals surface area contributed by atoms with Crippen molar-refractivity contribution in [1.29, 1.82) is 0 Å². The van der Waals surface area contributed by atoms with Gasteiger partial charge in [0.15, 0.2) is 0 Å². The van der Waals surface area contributed by atoms with E-state index in [1.54, 1.807) is 0 Å². The van der Waals surface area contributed by atoms with Gasteiger partial charge >= 0.3 is 0 Å². The summed E-state index contributed by atoms with van der Waals surface area (Å²) in [5.41, 5.74) is 5.37. The fourth-order valence-corrected chi connectivity index (χ4v) is 3.03. The largest absolute Gasteiger partial charge is 0.392 e. The Hall–Kier alpha value is -1.32. The average molecular weight is 307 g/mol. The molecule has 1 N–H and O–H groups in total. The van der Waals surface area contributed by atoms with Crippen LogP contribution in [0.1, 0.15) is 35.0 Å². The van der Waals surface area contributed by atoms with Crippen LogP contribution in [0.2, 0.25) is 5.02 Å². The average Bonchev–Trinajstić information content (AvgIpc) is 2.65. The topological polar surface area (TPSA) is 38.0 Å². The number of hydrogen-bond acceptors (Lipinski definition) is 2. The van der Waals surface area contributed by atoms with Crippen molar-refractivity contribution >= 4 is 11.6 Å². The van der Waals surface area contributed by atoms with Crippen molar-refractivity contribution in [3.05, 3.63) is 51.3 Å². The summed E-state index contributed by atoms with van der Waals surface area (Å²) in [6, 6.07) is 6.39. The maximum atomic E-state index is 10.4. The second-order valence-electron chi connectivity index (χ2n) is 5.72. The van der Waals surface area contributed by atoms with E-state index in [9.17, 15) is 5.11 Å². The van der Waals surface area contributed by atoms with Gasteiger partial charge in [-0.2, -0.15) is 5.10 Å². The van der Waals surface area contributed by atoms with Crippen molar-refractivity contribution in [1.82, 2.24) is 9.78 Å². The number of benzene rings is 1. The first-order valence-electron chi connectivity index (χ1n) is 7.37. The molecule has 0 radical (unpaired) electrons. The lowest BCUT2D eigenvalue weighted by molar-refractivity contribution is 0.172. The van der Waals surface area contributed by atoms with Gasteiger partial charge in [0, 0.05) is 13.0 Å². The quantitative estimate of drug-likeness (QED) is 0.916. The van der Waals surface area contributed by atoms with Crippen molar-refractivity contribution in [2.75, 3.05) is 0 Å². The summed E-state index contributed by atoms with van der Waals surface area (Å²) in [7, 11) is 0. The van der Waals surface area contributed by atoms with E-state index in [-0.39, 0.29) is 0 Å². The van der Waals surface area contributed by atoms with Crippen molar-refractivity contribution < 1.29 is 5.11 Å². The molecular formula is C17H23ClN2O. The number of nitrogens with zero attached hydrogens (tertiary/aromatic N) is 2. The van der Waals surface area contributed by atoms with Crippen LogP contribution in [0, 0.1) is 20.8 Å². The Bertz CT molecular complexity index is 614. The molecule has 0 aliphatic carbocycles. The summed E-state index contributed by atoms with van der Waals surface area (Å²) in [4.78, 5) is 0. The summed E-state index contributed by atoms with van der Waals surface area (Å²) in [6.45, 7) is 8.85. The van der Waals surface area contributed by atoms with Gasteiger partial charge in [0.25, 0.3) is 0 Å². The molecule has 0 fully saturated rings. The number of hydrogen-bond donors (Lipinski definition) is 1. The van der Waals surface area contributed by atoms with E-state index in [1.807, 2.05) is 18.5 Å². The van der Waals surface area contributed by atoms with Gasteiger partial charge in [-0.1, -0.05) is 40.9 Å². The van der Waals surface area contributed by atoms with Crippen molar-refractivity contribution in [2.45, 2.75) is 53.2 Å². The highest BCUT2D eigenvalue weighted by Gasteiger charge is 2.17. The number of aromatic nitrogens is 2. The van der Waals surface area contributed by atoms with Crippen LogP contribution in [0.4, 0.5) is 0 Å². The molecule has 114 valence electrons. The highest BCUT2D eigenvalue weighted by molar-refractivity contribution is 6.31. The molecule has 3 nitrogen and oxygen atoms in total. The van der Waals surface area contributed by atoms with Crippen LogP contribution in [0.5, 0.6) is 0 Å². The van der Waals surface area contributed by atoms with Crippen LogP contribution in [0.25, 0.3) is 0 Å². The van der Waals surface area contributed by atoms with Gasteiger partial charge in [-0.25, -0.2) is 0 Å². The third-order valence-corrected chi connectivity index (χ3v) is 4.13. The molecule has 0 aliphatic rings. The van der Waals surface area contributed by atoms with Gasteiger partial charge in [-0.05, 0) is 39.7 Å². The van der Waals surface area contributed by atoms with E-state index in [1.165, 1.54) is 11.1 Å². The van der Waals surface area contributed by atoms with Crippen molar-refractivity contribution in [2.24, 2.45) is 0 Å². The lowest BCUT2D eigenvalue weighted by Crippen LogP contribution is -2.17. The molecule has 1 aromatic carbocycles. The molecule has 1 atom stereocenters. The smallest absolute Gasteiger partial charge is 0.0848 e. The summed E-state index contributed by atoms with van der Waals surface area (Å²) >= 11 is 6.30. The SMILES string of the molecule is CCn1nc(C)c(Cl)c1CC(O)Cc1cc(C)cc(C)c1. The van der Waals surface area contributed by atoms with Gasteiger partial charge in [0.2, 0.25) is 0 Å². The Morgan fingerprint density at radius 1 is 1.14 bits per heavy atom. The highest BCUT2D eigenvalue weighted by atomic mass is 35.5. The van der Waals surface area contributed by atoms with Gasteiger partial charge in [0.05, 0.1) is 22.5 Å². The van der Waals surface area contributed by atoms with Gasteiger partial charge in [-0.3, -0.25) is 4.68 Å². The fourth-order valence-electron chi connectivity index (χ4n) is 2.82. The first-order valence-corrected chi connectivity index (χ1v) is 7.75. The molecule has 0 amide bonds. The molecular weight excluding hydrogens is 284 g/mol. The molecule has 0 saturated carbocycles. The predicted octanol–water partition coefficient (Wildman–Crippen LogP) is 3.63. The Balaban J connectivity index is 2.13. The maximum absolute atomic E-state index is 10.4. The highest BCUT2D eigenvalue weighted by Crippen LogP contribution is 2.22. The number of aliphatic hydroxyl groups excluding tert-OH is 1.